The molecule has 1 saturated heterocycles. The van der Waals surface area contributed by atoms with Gasteiger partial charge >= 0.3 is 0 Å². The van der Waals surface area contributed by atoms with Crippen LogP contribution in [-0.4, -0.2) is 13.1 Å². The first-order valence-electron chi connectivity index (χ1n) is 5.24. The summed E-state index contributed by atoms with van der Waals surface area (Å²) in [5.74, 6) is 0. The number of alkyl halides is 1. The van der Waals surface area contributed by atoms with Crippen LogP contribution in [-0.2, 0) is 12.1 Å². The average Bonchev–Trinajstić information content (AvgIpc) is 2.67. The van der Waals surface area contributed by atoms with E-state index in [9.17, 15) is 4.39 Å². The largest absolute Gasteiger partial charge is 0.313 e. The molecule has 2 heteroatoms. The van der Waals surface area contributed by atoms with E-state index in [4.69, 9.17) is 0 Å². The first-order chi connectivity index (χ1) is 6.74. The van der Waals surface area contributed by atoms with Gasteiger partial charge < -0.3 is 5.32 Å². The molecule has 0 bridgehead atoms. The van der Waals surface area contributed by atoms with Gasteiger partial charge in [-0.25, -0.2) is 4.39 Å². The second kappa shape index (κ2) is 3.70. The zero-order valence-electron chi connectivity index (χ0n) is 8.52. The molecule has 0 spiro atoms. The molecule has 1 N–H and O–H groups in total. The molecule has 0 saturated carbocycles. The van der Waals surface area contributed by atoms with Gasteiger partial charge in [0, 0.05) is 6.54 Å². The third kappa shape index (κ3) is 1.67. The molecule has 0 aromatic heterocycles. The van der Waals surface area contributed by atoms with Crippen LogP contribution in [0.15, 0.2) is 24.3 Å². The topological polar surface area (TPSA) is 12.0 Å². The van der Waals surface area contributed by atoms with Gasteiger partial charge in [-0.05, 0) is 30.5 Å². The van der Waals surface area contributed by atoms with E-state index in [1.807, 2.05) is 18.2 Å². The SMILES string of the molecule is CCc1cccc([C@@]2(F)CCNC2)c1. The first-order valence-corrected chi connectivity index (χ1v) is 5.24. The van der Waals surface area contributed by atoms with Crippen LogP contribution in [0.1, 0.15) is 24.5 Å². The lowest BCUT2D eigenvalue weighted by atomic mass is 9.93. The van der Waals surface area contributed by atoms with E-state index >= 15 is 0 Å². The number of hydrogen-bond donors (Lipinski definition) is 1. The second-order valence-corrected chi connectivity index (χ2v) is 3.95. The normalized spacial score (nSPS) is 26.7. The minimum absolute atomic E-state index is 0.458. The van der Waals surface area contributed by atoms with E-state index in [2.05, 4.69) is 18.3 Å². The van der Waals surface area contributed by atoms with Crippen LogP contribution < -0.4 is 5.32 Å². The summed E-state index contributed by atoms with van der Waals surface area (Å²) in [5.41, 5.74) is 0.916. The zero-order chi connectivity index (χ0) is 10.0. The van der Waals surface area contributed by atoms with E-state index in [-0.39, 0.29) is 0 Å². The molecule has 2 rings (SSSR count). The third-order valence-electron chi connectivity index (χ3n) is 2.96. The Hall–Kier alpha value is -0.890. The predicted octanol–water partition coefficient (Wildman–Crippen LogP) is 2.41. The van der Waals surface area contributed by atoms with Crippen LogP contribution in [0.5, 0.6) is 0 Å². The van der Waals surface area contributed by atoms with Crippen molar-refractivity contribution in [2.45, 2.75) is 25.4 Å². The maximum atomic E-state index is 14.3. The summed E-state index contributed by atoms with van der Waals surface area (Å²) >= 11 is 0. The van der Waals surface area contributed by atoms with Gasteiger partial charge in [0.2, 0.25) is 0 Å². The Bertz CT molecular complexity index is 316. The Balaban J connectivity index is 2.30. The summed E-state index contributed by atoms with van der Waals surface area (Å²) in [6.07, 6.45) is 1.57. The van der Waals surface area contributed by atoms with Crippen LogP contribution in [0.4, 0.5) is 4.39 Å². The standard InChI is InChI=1S/C12H16FN/c1-2-10-4-3-5-11(8-10)12(13)6-7-14-9-12/h3-5,8,14H,2,6-7,9H2,1H3/t12-/m1/s1. The molecule has 0 amide bonds. The molecule has 1 atom stereocenters. The van der Waals surface area contributed by atoms with Gasteiger partial charge in [0.15, 0.2) is 0 Å². The highest BCUT2D eigenvalue weighted by atomic mass is 19.1. The van der Waals surface area contributed by atoms with Crippen molar-refractivity contribution in [2.75, 3.05) is 13.1 Å². The smallest absolute Gasteiger partial charge is 0.149 e. The minimum Gasteiger partial charge on any atom is -0.313 e. The number of aryl methyl sites for hydroxylation is 1. The number of rotatable bonds is 2. The first kappa shape index (κ1) is 9.66. The molecule has 0 radical (unpaired) electrons. The van der Waals surface area contributed by atoms with Crippen LogP contribution in [0.2, 0.25) is 0 Å². The zero-order valence-corrected chi connectivity index (χ0v) is 8.52. The molecule has 0 aliphatic carbocycles. The lowest BCUT2D eigenvalue weighted by Gasteiger charge is -2.19. The van der Waals surface area contributed by atoms with Gasteiger partial charge in [0.05, 0.1) is 0 Å². The van der Waals surface area contributed by atoms with Gasteiger partial charge in [0.1, 0.15) is 5.67 Å². The van der Waals surface area contributed by atoms with E-state index in [0.29, 0.717) is 13.0 Å². The highest BCUT2D eigenvalue weighted by Gasteiger charge is 2.35. The maximum Gasteiger partial charge on any atom is 0.149 e. The van der Waals surface area contributed by atoms with Gasteiger partial charge in [-0.3, -0.25) is 0 Å². The monoisotopic (exact) mass is 193 g/mol. The molecule has 1 nitrogen and oxygen atoms in total. The van der Waals surface area contributed by atoms with Gasteiger partial charge in [-0.1, -0.05) is 31.2 Å². The van der Waals surface area contributed by atoms with Crippen LogP contribution in [0.3, 0.4) is 0 Å². The highest BCUT2D eigenvalue weighted by Crippen LogP contribution is 2.32. The number of nitrogens with one attached hydrogen (secondary N) is 1. The van der Waals surface area contributed by atoms with Crippen molar-refractivity contribution in [3.05, 3.63) is 35.4 Å². The predicted molar refractivity (Wildman–Crippen MR) is 56.1 cm³/mol. The molecule has 0 unspecified atom stereocenters. The fourth-order valence-electron chi connectivity index (χ4n) is 1.98. The van der Waals surface area contributed by atoms with Crippen molar-refractivity contribution in [3.63, 3.8) is 0 Å². The Kier molecular flexibility index (Phi) is 2.55. The van der Waals surface area contributed by atoms with Gasteiger partial charge in [-0.2, -0.15) is 0 Å². The minimum atomic E-state index is -1.13. The van der Waals surface area contributed by atoms with Crippen molar-refractivity contribution >= 4 is 0 Å². The molecule has 1 aromatic rings. The van der Waals surface area contributed by atoms with E-state index in [1.165, 1.54) is 5.56 Å². The Morgan fingerprint density at radius 3 is 3.00 bits per heavy atom. The van der Waals surface area contributed by atoms with Crippen LogP contribution in [0, 0.1) is 0 Å². The number of hydrogen-bond acceptors (Lipinski definition) is 1. The number of halogens is 1. The molecular weight excluding hydrogens is 177 g/mol. The quantitative estimate of drug-likeness (QED) is 0.760. The van der Waals surface area contributed by atoms with Crippen molar-refractivity contribution in [1.82, 2.24) is 5.32 Å². The van der Waals surface area contributed by atoms with Crippen LogP contribution in [0.25, 0.3) is 0 Å². The summed E-state index contributed by atoms with van der Waals surface area (Å²) < 4.78 is 14.3. The van der Waals surface area contributed by atoms with Crippen molar-refractivity contribution < 1.29 is 4.39 Å². The second-order valence-electron chi connectivity index (χ2n) is 3.95. The van der Waals surface area contributed by atoms with E-state index < -0.39 is 5.67 Å². The summed E-state index contributed by atoms with van der Waals surface area (Å²) in [5, 5.41) is 3.07. The molecule has 1 heterocycles. The highest BCUT2D eigenvalue weighted by molar-refractivity contribution is 5.29. The lowest BCUT2D eigenvalue weighted by Crippen LogP contribution is -2.23. The average molecular weight is 193 g/mol. The summed E-state index contributed by atoms with van der Waals surface area (Å²) in [6, 6.07) is 7.89. The van der Waals surface area contributed by atoms with Crippen molar-refractivity contribution in [1.29, 1.82) is 0 Å². The van der Waals surface area contributed by atoms with Crippen molar-refractivity contribution in [3.8, 4) is 0 Å². The fraction of sp³-hybridized carbons (Fsp3) is 0.500. The molecule has 76 valence electrons. The summed E-state index contributed by atoms with van der Waals surface area (Å²) in [4.78, 5) is 0. The van der Waals surface area contributed by atoms with Gasteiger partial charge in [0.25, 0.3) is 0 Å². The van der Waals surface area contributed by atoms with Crippen molar-refractivity contribution in [2.24, 2.45) is 0 Å². The van der Waals surface area contributed by atoms with Gasteiger partial charge in [-0.15, -0.1) is 0 Å². The Morgan fingerprint density at radius 2 is 2.36 bits per heavy atom. The van der Waals surface area contributed by atoms with Crippen LogP contribution >= 0.6 is 0 Å². The Labute approximate surface area is 84.3 Å². The maximum absolute atomic E-state index is 14.3. The molecule has 1 aliphatic heterocycles. The third-order valence-corrected chi connectivity index (χ3v) is 2.96. The lowest BCUT2D eigenvalue weighted by molar-refractivity contribution is 0.193. The van der Waals surface area contributed by atoms with E-state index in [1.54, 1.807) is 0 Å². The number of benzene rings is 1. The Morgan fingerprint density at radius 1 is 1.50 bits per heavy atom. The molecule has 1 fully saturated rings. The molecular formula is C12H16FN. The molecule has 14 heavy (non-hydrogen) atoms. The van der Waals surface area contributed by atoms with E-state index in [0.717, 1.165) is 18.5 Å². The summed E-state index contributed by atoms with van der Waals surface area (Å²) in [6.45, 7) is 3.34. The molecule has 1 aromatic carbocycles. The fourth-order valence-corrected chi connectivity index (χ4v) is 1.98. The molecule has 1 aliphatic rings. The summed E-state index contributed by atoms with van der Waals surface area (Å²) in [7, 11) is 0.